The van der Waals surface area contributed by atoms with E-state index in [2.05, 4.69) is 24.3 Å². The highest BCUT2D eigenvalue weighted by atomic mass is 16.6. The standard InChI is InChI=1S/C12H24N2O2/c1-12(2,3)16-11(15)13-9-6-7-10(8-9)14(4)5/h9-10H,6-8H2,1-5H3,(H,13,15)/t9-,10+/m1/s1. The van der Waals surface area contributed by atoms with E-state index in [-0.39, 0.29) is 12.1 Å². The number of alkyl carbamates (subject to hydrolysis) is 1. The molecule has 94 valence electrons. The molecule has 4 nitrogen and oxygen atoms in total. The summed E-state index contributed by atoms with van der Waals surface area (Å²) in [4.78, 5) is 13.8. The van der Waals surface area contributed by atoms with Gasteiger partial charge in [-0.3, -0.25) is 0 Å². The zero-order valence-electron chi connectivity index (χ0n) is 11.0. The van der Waals surface area contributed by atoms with Crippen molar-refractivity contribution in [1.82, 2.24) is 10.2 Å². The van der Waals surface area contributed by atoms with Crippen LogP contribution in [0.3, 0.4) is 0 Å². The molecule has 1 aliphatic carbocycles. The van der Waals surface area contributed by atoms with Crippen LogP contribution in [-0.4, -0.2) is 42.8 Å². The molecule has 16 heavy (non-hydrogen) atoms. The van der Waals surface area contributed by atoms with Crippen molar-refractivity contribution >= 4 is 6.09 Å². The molecule has 1 rings (SSSR count). The maximum atomic E-state index is 11.5. The number of nitrogens with zero attached hydrogens (tertiary/aromatic N) is 1. The molecule has 1 saturated carbocycles. The van der Waals surface area contributed by atoms with Gasteiger partial charge in [-0.15, -0.1) is 0 Å². The molecule has 0 spiro atoms. The van der Waals surface area contributed by atoms with Crippen LogP contribution < -0.4 is 5.32 Å². The topological polar surface area (TPSA) is 41.6 Å². The van der Waals surface area contributed by atoms with Gasteiger partial charge in [0.2, 0.25) is 0 Å². The van der Waals surface area contributed by atoms with Gasteiger partial charge in [0, 0.05) is 12.1 Å². The molecule has 0 aliphatic heterocycles. The van der Waals surface area contributed by atoms with Crippen LogP contribution in [0.5, 0.6) is 0 Å². The number of carbonyl (C=O) groups excluding carboxylic acids is 1. The van der Waals surface area contributed by atoms with Gasteiger partial charge in [-0.25, -0.2) is 4.79 Å². The van der Waals surface area contributed by atoms with Gasteiger partial charge >= 0.3 is 6.09 Å². The maximum Gasteiger partial charge on any atom is 0.407 e. The Morgan fingerprint density at radius 3 is 2.38 bits per heavy atom. The summed E-state index contributed by atoms with van der Waals surface area (Å²) in [6, 6.07) is 0.849. The molecule has 0 radical (unpaired) electrons. The fourth-order valence-corrected chi connectivity index (χ4v) is 2.03. The monoisotopic (exact) mass is 228 g/mol. The normalized spacial score (nSPS) is 25.9. The van der Waals surface area contributed by atoms with E-state index in [4.69, 9.17) is 4.74 Å². The minimum atomic E-state index is -0.413. The van der Waals surface area contributed by atoms with E-state index in [1.54, 1.807) is 0 Å². The minimum absolute atomic E-state index is 0.266. The molecule has 1 N–H and O–H groups in total. The first-order valence-electron chi connectivity index (χ1n) is 5.94. The van der Waals surface area contributed by atoms with Crippen LogP contribution >= 0.6 is 0 Å². The first kappa shape index (κ1) is 13.3. The van der Waals surface area contributed by atoms with Gasteiger partial charge in [0.15, 0.2) is 0 Å². The van der Waals surface area contributed by atoms with Crippen LogP contribution in [0, 0.1) is 0 Å². The third-order valence-electron chi connectivity index (χ3n) is 2.86. The van der Waals surface area contributed by atoms with Gasteiger partial charge in [-0.05, 0) is 54.1 Å². The van der Waals surface area contributed by atoms with Crippen molar-refractivity contribution in [3.63, 3.8) is 0 Å². The molecular weight excluding hydrogens is 204 g/mol. The van der Waals surface area contributed by atoms with Gasteiger partial charge < -0.3 is 15.0 Å². The molecule has 1 aliphatic rings. The molecule has 1 fully saturated rings. The molecule has 0 heterocycles. The Kier molecular flexibility index (Phi) is 4.19. The van der Waals surface area contributed by atoms with E-state index in [9.17, 15) is 4.79 Å². The van der Waals surface area contributed by atoms with Crippen molar-refractivity contribution in [2.24, 2.45) is 0 Å². The number of hydrogen-bond acceptors (Lipinski definition) is 3. The minimum Gasteiger partial charge on any atom is -0.444 e. The lowest BCUT2D eigenvalue weighted by Crippen LogP contribution is -2.38. The van der Waals surface area contributed by atoms with E-state index in [0.29, 0.717) is 6.04 Å². The second-order valence-corrected chi connectivity index (χ2v) is 5.77. The Bertz CT molecular complexity index is 246. The first-order valence-corrected chi connectivity index (χ1v) is 5.94. The highest BCUT2D eigenvalue weighted by Gasteiger charge is 2.28. The molecule has 1 amide bonds. The molecule has 0 aromatic carbocycles. The number of hydrogen-bond donors (Lipinski definition) is 1. The summed E-state index contributed by atoms with van der Waals surface area (Å²) < 4.78 is 5.23. The second-order valence-electron chi connectivity index (χ2n) is 5.77. The molecule has 0 bridgehead atoms. The number of amides is 1. The Balaban J connectivity index is 2.32. The van der Waals surface area contributed by atoms with E-state index in [1.165, 1.54) is 0 Å². The molecule has 0 unspecified atom stereocenters. The van der Waals surface area contributed by atoms with Gasteiger partial charge in [-0.2, -0.15) is 0 Å². The fraction of sp³-hybridized carbons (Fsp3) is 0.917. The van der Waals surface area contributed by atoms with Crippen molar-refractivity contribution in [3.8, 4) is 0 Å². The molecule has 2 atom stereocenters. The summed E-state index contributed by atoms with van der Waals surface area (Å²) in [5.41, 5.74) is -0.413. The molecule has 0 saturated heterocycles. The molecule has 4 heteroatoms. The van der Waals surface area contributed by atoms with Crippen LogP contribution in [0.1, 0.15) is 40.0 Å². The second kappa shape index (κ2) is 5.04. The van der Waals surface area contributed by atoms with Crippen molar-refractivity contribution in [1.29, 1.82) is 0 Å². The lowest BCUT2D eigenvalue weighted by Gasteiger charge is -2.22. The van der Waals surface area contributed by atoms with Crippen molar-refractivity contribution < 1.29 is 9.53 Å². The summed E-state index contributed by atoms with van der Waals surface area (Å²) in [6.07, 6.45) is 2.92. The summed E-state index contributed by atoms with van der Waals surface area (Å²) in [5, 5.41) is 2.93. The molecule has 0 aromatic heterocycles. The highest BCUT2D eigenvalue weighted by Crippen LogP contribution is 2.22. The summed E-state index contributed by atoms with van der Waals surface area (Å²) >= 11 is 0. The van der Waals surface area contributed by atoms with Gasteiger partial charge in [0.05, 0.1) is 0 Å². The summed E-state index contributed by atoms with van der Waals surface area (Å²) in [6.45, 7) is 5.64. The van der Waals surface area contributed by atoms with E-state index in [0.717, 1.165) is 19.3 Å². The SMILES string of the molecule is CN(C)[C@H]1CC[C@@H](NC(=O)OC(C)(C)C)C1. The number of ether oxygens (including phenoxy) is 1. The van der Waals surface area contributed by atoms with Crippen LogP contribution in [0.4, 0.5) is 4.79 Å². The van der Waals surface area contributed by atoms with Crippen LogP contribution in [0.2, 0.25) is 0 Å². The molecule has 0 aromatic rings. The van der Waals surface area contributed by atoms with Crippen molar-refractivity contribution in [2.75, 3.05) is 14.1 Å². The lowest BCUT2D eigenvalue weighted by atomic mass is 10.2. The van der Waals surface area contributed by atoms with Gasteiger partial charge in [0.25, 0.3) is 0 Å². The highest BCUT2D eigenvalue weighted by molar-refractivity contribution is 5.68. The van der Waals surface area contributed by atoms with E-state index >= 15 is 0 Å². The van der Waals surface area contributed by atoms with Crippen LogP contribution in [-0.2, 0) is 4.74 Å². The quantitative estimate of drug-likeness (QED) is 0.786. The lowest BCUT2D eigenvalue weighted by molar-refractivity contribution is 0.0504. The predicted molar refractivity (Wildman–Crippen MR) is 64.5 cm³/mol. The smallest absolute Gasteiger partial charge is 0.407 e. The number of rotatable bonds is 2. The van der Waals surface area contributed by atoms with Gasteiger partial charge in [-0.1, -0.05) is 0 Å². The predicted octanol–water partition coefficient (Wildman–Crippen LogP) is 1.99. The average Bonchev–Trinajstić information content (AvgIpc) is 2.48. The Hall–Kier alpha value is -0.770. The Morgan fingerprint density at radius 1 is 1.31 bits per heavy atom. The fourth-order valence-electron chi connectivity index (χ4n) is 2.03. The zero-order valence-corrected chi connectivity index (χ0v) is 11.0. The third kappa shape index (κ3) is 4.39. The maximum absolute atomic E-state index is 11.5. The van der Waals surface area contributed by atoms with Crippen LogP contribution in [0.25, 0.3) is 0 Å². The average molecular weight is 228 g/mol. The largest absolute Gasteiger partial charge is 0.444 e. The van der Waals surface area contributed by atoms with Crippen molar-refractivity contribution in [3.05, 3.63) is 0 Å². The first-order chi connectivity index (χ1) is 7.28. The number of nitrogens with one attached hydrogen (secondary N) is 1. The van der Waals surface area contributed by atoms with Crippen molar-refractivity contribution in [2.45, 2.75) is 57.7 Å². The summed E-state index contributed by atoms with van der Waals surface area (Å²) in [5.74, 6) is 0. The van der Waals surface area contributed by atoms with Crippen LogP contribution in [0.15, 0.2) is 0 Å². The third-order valence-corrected chi connectivity index (χ3v) is 2.86. The van der Waals surface area contributed by atoms with E-state index in [1.807, 2.05) is 20.8 Å². The Labute approximate surface area is 98.3 Å². The van der Waals surface area contributed by atoms with Gasteiger partial charge in [0.1, 0.15) is 5.60 Å². The van der Waals surface area contributed by atoms with E-state index < -0.39 is 5.60 Å². The Morgan fingerprint density at radius 2 is 1.94 bits per heavy atom. The zero-order chi connectivity index (χ0) is 12.3. The summed E-state index contributed by atoms with van der Waals surface area (Å²) in [7, 11) is 4.17. The molecular formula is C12H24N2O2. The number of carbonyl (C=O) groups is 1.